The molecule has 0 bridgehead atoms. The Morgan fingerprint density at radius 2 is 1.96 bits per heavy atom. The minimum absolute atomic E-state index is 0.183. The monoisotopic (exact) mass is 315 g/mol. The highest BCUT2D eigenvalue weighted by Gasteiger charge is 2.19. The highest BCUT2D eigenvalue weighted by Crippen LogP contribution is 2.28. The second-order valence-electron chi connectivity index (χ2n) is 6.25. The second kappa shape index (κ2) is 6.86. The van der Waals surface area contributed by atoms with E-state index in [1.165, 1.54) is 0 Å². The van der Waals surface area contributed by atoms with E-state index in [0.29, 0.717) is 11.6 Å². The molecular formula is C18H25N3O2. The number of nitrogens with one attached hydrogen (secondary N) is 1. The normalized spacial score (nSPS) is 12.3. The molecule has 0 saturated carbocycles. The zero-order valence-electron chi connectivity index (χ0n) is 14.7. The van der Waals surface area contributed by atoms with E-state index in [-0.39, 0.29) is 5.91 Å². The molecule has 1 aromatic carbocycles. The lowest BCUT2D eigenvalue weighted by Crippen LogP contribution is -2.30. The number of nitrogens with zero attached hydrogens (tertiary/aromatic N) is 2. The Morgan fingerprint density at radius 1 is 1.26 bits per heavy atom. The molecule has 124 valence electrons. The molecule has 0 aliphatic carbocycles. The molecule has 0 aliphatic heterocycles. The Kier molecular flexibility index (Phi) is 5.08. The largest absolute Gasteiger partial charge is 0.481 e. The zero-order chi connectivity index (χ0) is 17.1. The van der Waals surface area contributed by atoms with Crippen LogP contribution in [0, 0.1) is 13.8 Å². The zero-order valence-corrected chi connectivity index (χ0v) is 14.7. The lowest BCUT2D eigenvalue weighted by Gasteiger charge is -2.19. The first-order valence-electron chi connectivity index (χ1n) is 7.86. The number of hydrogen-bond acceptors (Lipinski definition) is 3. The van der Waals surface area contributed by atoms with Gasteiger partial charge in [-0.1, -0.05) is 26.0 Å². The predicted molar refractivity (Wildman–Crippen MR) is 91.9 cm³/mol. The van der Waals surface area contributed by atoms with Crippen molar-refractivity contribution in [2.24, 2.45) is 7.05 Å². The number of amides is 1. The summed E-state index contributed by atoms with van der Waals surface area (Å²) in [5.41, 5.74) is 3.71. The lowest BCUT2D eigenvalue weighted by atomic mass is 10.0. The van der Waals surface area contributed by atoms with Gasteiger partial charge in [-0.25, -0.2) is 0 Å². The third kappa shape index (κ3) is 4.12. The van der Waals surface area contributed by atoms with E-state index in [1.807, 2.05) is 27.0 Å². The molecule has 0 spiro atoms. The molecule has 1 unspecified atom stereocenters. The van der Waals surface area contributed by atoms with Crippen molar-refractivity contribution < 1.29 is 9.53 Å². The number of aromatic nitrogens is 2. The number of benzene rings is 1. The number of anilines is 1. The van der Waals surface area contributed by atoms with E-state index in [1.54, 1.807) is 17.8 Å². The first-order chi connectivity index (χ1) is 10.8. The van der Waals surface area contributed by atoms with Crippen molar-refractivity contribution in [1.29, 1.82) is 0 Å². The van der Waals surface area contributed by atoms with Crippen molar-refractivity contribution in [2.45, 2.75) is 46.6 Å². The molecule has 1 atom stereocenters. The fourth-order valence-corrected chi connectivity index (χ4v) is 2.42. The van der Waals surface area contributed by atoms with Crippen LogP contribution in [0.3, 0.4) is 0 Å². The van der Waals surface area contributed by atoms with Gasteiger partial charge in [-0.05, 0) is 43.9 Å². The van der Waals surface area contributed by atoms with Gasteiger partial charge in [0.15, 0.2) is 6.10 Å². The number of hydrogen-bond donors (Lipinski definition) is 1. The molecule has 0 saturated heterocycles. The SMILES string of the molecule is Cc1ccc(C(C)C)c(OC(C)C(=O)Nc2cn(C)nc2C)c1. The molecule has 0 fully saturated rings. The van der Waals surface area contributed by atoms with Gasteiger partial charge < -0.3 is 10.1 Å². The van der Waals surface area contributed by atoms with Gasteiger partial charge in [0.25, 0.3) is 5.91 Å². The maximum absolute atomic E-state index is 12.4. The first kappa shape index (κ1) is 17.1. The van der Waals surface area contributed by atoms with Crippen molar-refractivity contribution in [2.75, 3.05) is 5.32 Å². The van der Waals surface area contributed by atoms with Crippen LogP contribution in [0.4, 0.5) is 5.69 Å². The Balaban J connectivity index is 2.12. The second-order valence-corrected chi connectivity index (χ2v) is 6.25. The van der Waals surface area contributed by atoms with Crippen LogP contribution < -0.4 is 10.1 Å². The Morgan fingerprint density at radius 3 is 2.52 bits per heavy atom. The molecule has 1 amide bonds. The van der Waals surface area contributed by atoms with Crippen LogP contribution in [0.1, 0.15) is 43.5 Å². The highest BCUT2D eigenvalue weighted by atomic mass is 16.5. The molecular weight excluding hydrogens is 290 g/mol. The number of aryl methyl sites for hydroxylation is 3. The van der Waals surface area contributed by atoms with Crippen molar-refractivity contribution >= 4 is 11.6 Å². The highest BCUT2D eigenvalue weighted by molar-refractivity contribution is 5.94. The van der Waals surface area contributed by atoms with E-state index in [4.69, 9.17) is 4.74 Å². The first-order valence-corrected chi connectivity index (χ1v) is 7.86. The van der Waals surface area contributed by atoms with E-state index in [9.17, 15) is 4.79 Å². The van der Waals surface area contributed by atoms with Crippen LogP contribution in [0.2, 0.25) is 0 Å². The molecule has 1 aromatic heterocycles. The van der Waals surface area contributed by atoms with E-state index in [2.05, 4.69) is 36.4 Å². The Bertz CT molecular complexity index is 704. The fourth-order valence-electron chi connectivity index (χ4n) is 2.42. The van der Waals surface area contributed by atoms with Gasteiger partial charge in [-0.15, -0.1) is 0 Å². The minimum atomic E-state index is -0.589. The molecule has 2 aromatic rings. The summed E-state index contributed by atoms with van der Waals surface area (Å²) in [4.78, 5) is 12.4. The van der Waals surface area contributed by atoms with Crippen molar-refractivity contribution in [1.82, 2.24) is 9.78 Å². The lowest BCUT2D eigenvalue weighted by molar-refractivity contribution is -0.122. The van der Waals surface area contributed by atoms with E-state index in [0.717, 1.165) is 22.6 Å². The van der Waals surface area contributed by atoms with Gasteiger partial charge in [-0.2, -0.15) is 5.10 Å². The van der Waals surface area contributed by atoms with Gasteiger partial charge >= 0.3 is 0 Å². The van der Waals surface area contributed by atoms with Gasteiger partial charge in [0.1, 0.15) is 5.75 Å². The van der Waals surface area contributed by atoms with E-state index < -0.39 is 6.10 Å². The van der Waals surface area contributed by atoms with Crippen LogP contribution in [0.5, 0.6) is 5.75 Å². The van der Waals surface area contributed by atoms with Gasteiger partial charge in [0, 0.05) is 13.2 Å². The van der Waals surface area contributed by atoms with Gasteiger partial charge in [-0.3, -0.25) is 9.48 Å². The number of ether oxygens (including phenoxy) is 1. The Labute approximate surface area is 137 Å². The molecule has 5 nitrogen and oxygen atoms in total. The molecule has 23 heavy (non-hydrogen) atoms. The average Bonchev–Trinajstić information content (AvgIpc) is 2.76. The third-order valence-electron chi connectivity index (χ3n) is 3.74. The van der Waals surface area contributed by atoms with Gasteiger partial charge in [0.05, 0.1) is 11.4 Å². The van der Waals surface area contributed by atoms with Crippen molar-refractivity contribution in [3.05, 3.63) is 41.2 Å². The molecule has 0 radical (unpaired) electrons. The number of rotatable bonds is 5. The van der Waals surface area contributed by atoms with E-state index >= 15 is 0 Å². The molecule has 2 rings (SSSR count). The summed E-state index contributed by atoms with van der Waals surface area (Å²) in [6, 6.07) is 6.10. The molecule has 1 heterocycles. The Hall–Kier alpha value is -2.30. The standard InChI is InChI=1S/C18H25N3O2/c1-11(2)15-8-7-12(3)9-17(15)23-14(5)18(22)19-16-10-21(6)20-13(16)4/h7-11,14H,1-6H3,(H,19,22). The topological polar surface area (TPSA) is 56.1 Å². The molecule has 5 heteroatoms. The van der Waals surface area contributed by atoms with Crippen LogP contribution in [-0.2, 0) is 11.8 Å². The summed E-state index contributed by atoms with van der Waals surface area (Å²) >= 11 is 0. The number of carbonyl (C=O) groups excluding carboxylic acids is 1. The maximum Gasteiger partial charge on any atom is 0.265 e. The summed E-state index contributed by atoms with van der Waals surface area (Å²) in [5, 5.41) is 7.08. The maximum atomic E-state index is 12.4. The van der Waals surface area contributed by atoms with Crippen LogP contribution in [-0.4, -0.2) is 21.8 Å². The van der Waals surface area contributed by atoms with Gasteiger partial charge in [0.2, 0.25) is 0 Å². The quantitative estimate of drug-likeness (QED) is 0.917. The van der Waals surface area contributed by atoms with Crippen LogP contribution >= 0.6 is 0 Å². The predicted octanol–water partition coefficient (Wildman–Crippen LogP) is 3.57. The van der Waals surface area contributed by atoms with Crippen LogP contribution in [0.15, 0.2) is 24.4 Å². The summed E-state index contributed by atoms with van der Waals surface area (Å²) in [6.07, 6.45) is 1.19. The third-order valence-corrected chi connectivity index (χ3v) is 3.74. The summed E-state index contributed by atoms with van der Waals surface area (Å²) < 4.78 is 7.60. The van der Waals surface area contributed by atoms with Crippen LogP contribution in [0.25, 0.3) is 0 Å². The van der Waals surface area contributed by atoms with Crippen molar-refractivity contribution in [3.8, 4) is 5.75 Å². The summed E-state index contributed by atoms with van der Waals surface area (Å²) in [7, 11) is 1.82. The fraction of sp³-hybridized carbons (Fsp3) is 0.444. The smallest absolute Gasteiger partial charge is 0.265 e. The molecule has 1 N–H and O–H groups in total. The number of carbonyl (C=O) groups is 1. The van der Waals surface area contributed by atoms with Crippen molar-refractivity contribution in [3.63, 3.8) is 0 Å². The average molecular weight is 315 g/mol. The summed E-state index contributed by atoms with van der Waals surface area (Å²) in [6.45, 7) is 9.86. The molecule has 0 aliphatic rings. The minimum Gasteiger partial charge on any atom is -0.481 e. The summed E-state index contributed by atoms with van der Waals surface area (Å²) in [5.74, 6) is 0.921.